The van der Waals surface area contributed by atoms with Crippen molar-refractivity contribution in [1.82, 2.24) is 20.3 Å². The van der Waals surface area contributed by atoms with Crippen LogP contribution in [0.15, 0.2) is 45.3 Å². The average Bonchev–Trinajstić information content (AvgIpc) is 3.34. The summed E-state index contributed by atoms with van der Waals surface area (Å²) in [6.45, 7) is 7.70. The zero-order valence-electron chi connectivity index (χ0n) is 17.2. The minimum Gasteiger partial charge on any atom is -0.421 e. The van der Waals surface area contributed by atoms with Gasteiger partial charge in [-0.05, 0) is 50.1 Å². The lowest BCUT2D eigenvalue weighted by Gasteiger charge is -2.12. The number of aromatic nitrogens is 4. The molecule has 0 bridgehead atoms. The van der Waals surface area contributed by atoms with E-state index in [1.165, 1.54) is 0 Å². The largest absolute Gasteiger partial charge is 0.421 e. The van der Waals surface area contributed by atoms with Gasteiger partial charge in [-0.1, -0.05) is 28.9 Å². The predicted molar refractivity (Wildman–Crippen MR) is 111 cm³/mol. The molecular weight excluding hydrogens is 382 g/mol. The molecule has 152 valence electrons. The molecule has 4 aromatic rings. The van der Waals surface area contributed by atoms with Crippen molar-refractivity contribution in [3.8, 4) is 22.9 Å². The minimum atomic E-state index is -0.201. The van der Waals surface area contributed by atoms with Gasteiger partial charge in [0, 0.05) is 23.7 Å². The number of hydrogen-bond acceptors (Lipinski definition) is 7. The van der Waals surface area contributed by atoms with Crippen LogP contribution < -0.4 is 5.32 Å². The van der Waals surface area contributed by atoms with Crippen LogP contribution in [0.4, 0.5) is 5.69 Å². The molecule has 0 atom stereocenters. The Labute approximate surface area is 173 Å². The fourth-order valence-corrected chi connectivity index (χ4v) is 3.35. The zero-order chi connectivity index (χ0) is 21.3. The summed E-state index contributed by atoms with van der Waals surface area (Å²) >= 11 is 0. The van der Waals surface area contributed by atoms with E-state index in [1.54, 1.807) is 6.92 Å². The van der Waals surface area contributed by atoms with Gasteiger partial charge in [-0.25, -0.2) is 0 Å². The molecule has 0 saturated carbocycles. The van der Waals surface area contributed by atoms with Gasteiger partial charge in [0.25, 0.3) is 5.89 Å². The number of carbonyl (C=O) groups excluding carboxylic acids is 1. The smallest absolute Gasteiger partial charge is 0.257 e. The number of nitrogens with zero attached hydrogens (tertiary/aromatic N) is 4. The highest BCUT2D eigenvalue weighted by molar-refractivity contribution is 5.93. The maximum Gasteiger partial charge on any atom is 0.257 e. The third-order valence-corrected chi connectivity index (χ3v) is 4.61. The molecule has 0 unspecified atom stereocenters. The van der Waals surface area contributed by atoms with Crippen molar-refractivity contribution in [3.05, 3.63) is 64.8 Å². The minimum absolute atomic E-state index is 0.0127. The molecule has 1 N–H and O–H groups in total. The molecule has 0 spiro atoms. The summed E-state index contributed by atoms with van der Waals surface area (Å²) in [4.78, 5) is 16.9. The Bertz CT molecular complexity index is 1200. The monoisotopic (exact) mass is 403 g/mol. The second-order valence-corrected chi connectivity index (χ2v) is 7.22. The lowest BCUT2D eigenvalue weighted by Crippen LogP contribution is -2.16. The average molecular weight is 403 g/mol. The van der Waals surface area contributed by atoms with Crippen LogP contribution in [-0.4, -0.2) is 26.2 Å². The third-order valence-electron chi connectivity index (χ3n) is 4.61. The van der Waals surface area contributed by atoms with E-state index in [2.05, 4.69) is 25.7 Å². The summed E-state index contributed by atoms with van der Waals surface area (Å²) < 4.78 is 10.8. The topological polar surface area (TPSA) is 107 Å². The van der Waals surface area contributed by atoms with E-state index in [-0.39, 0.29) is 12.3 Å². The Morgan fingerprint density at radius 2 is 1.67 bits per heavy atom. The van der Waals surface area contributed by atoms with Crippen molar-refractivity contribution >= 4 is 11.6 Å². The van der Waals surface area contributed by atoms with Crippen LogP contribution in [0, 0.1) is 27.7 Å². The second kappa shape index (κ2) is 7.90. The van der Waals surface area contributed by atoms with E-state index >= 15 is 0 Å². The molecule has 2 heterocycles. The Morgan fingerprint density at radius 1 is 0.967 bits per heavy atom. The molecule has 1 amide bonds. The molecular formula is C22H21N5O3. The van der Waals surface area contributed by atoms with Crippen molar-refractivity contribution in [2.45, 2.75) is 34.1 Å². The van der Waals surface area contributed by atoms with Crippen LogP contribution in [-0.2, 0) is 11.2 Å². The van der Waals surface area contributed by atoms with E-state index in [9.17, 15) is 4.79 Å². The van der Waals surface area contributed by atoms with Crippen molar-refractivity contribution in [2.24, 2.45) is 0 Å². The molecule has 2 aromatic carbocycles. The van der Waals surface area contributed by atoms with Crippen molar-refractivity contribution in [3.63, 3.8) is 0 Å². The number of hydrogen-bond donors (Lipinski definition) is 1. The van der Waals surface area contributed by atoms with Gasteiger partial charge in [-0.3, -0.25) is 4.79 Å². The predicted octanol–water partition coefficient (Wildman–Crippen LogP) is 4.20. The molecule has 4 rings (SSSR count). The SMILES string of the molecule is Cc1cc(C)c(NC(=O)Cc2noc(-c3cccc(-c4nnc(C)o4)c3)n2)c(C)c1. The zero-order valence-corrected chi connectivity index (χ0v) is 17.2. The van der Waals surface area contributed by atoms with Gasteiger partial charge >= 0.3 is 0 Å². The summed E-state index contributed by atoms with van der Waals surface area (Å²) in [6.07, 6.45) is 0.0127. The molecule has 0 saturated heterocycles. The number of nitrogens with one attached hydrogen (secondary N) is 1. The molecule has 0 aliphatic carbocycles. The lowest BCUT2D eigenvalue weighted by atomic mass is 10.1. The fourth-order valence-electron chi connectivity index (χ4n) is 3.35. The summed E-state index contributed by atoms with van der Waals surface area (Å²) in [7, 11) is 0. The maximum atomic E-state index is 12.5. The van der Waals surface area contributed by atoms with Crippen LogP contribution >= 0.6 is 0 Å². The van der Waals surface area contributed by atoms with Crippen molar-refractivity contribution in [2.75, 3.05) is 5.32 Å². The van der Waals surface area contributed by atoms with E-state index in [0.717, 1.165) is 27.9 Å². The van der Waals surface area contributed by atoms with Crippen molar-refractivity contribution < 1.29 is 13.7 Å². The van der Waals surface area contributed by atoms with Gasteiger partial charge in [-0.2, -0.15) is 4.98 Å². The Kier molecular flexibility index (Phi) is 5.14. The highest BCUT2D eigenvalue weighted by Crippen LogP contribution is 2.25. The van der Waals surface area contributed by atoms with Gasteiger partial charge < -0.3 is 14.3 Å². The Hall–Kier alpha value is -3.81. The number of benzene rings is 2. The molecule has 0 radical (unpaired) electrons. The lowest BCUT2D eigenvalue weighted by molar-refractivity contribution is -0.115. The number of aryl methyl sites for hydroxylation is 4. The summed E-state index contributed by atoms with van der Waals surface area (Å²) in [5.74, 6) is 1.33. The normalized spacial score (nSPS) is 10.9. The highest BCUT2D eigenvalue weighted by atomic mass is 16.5. The third kappa shape index (κ3) is 4.12. The number of rotatable bonds is 5. The summed E-state index contributed by atoms with van der Waals surface area (Å²) in [5.41, 5.74) is 5.45. The van der Waals surface area contributed by atoms with Crippen LogP contribution in [0.2, 0.25) is 0 Å². The van der Waals surface area contributed by atoms with Gasteiger partial charge in [0.05, 0.1) is 6.42 Å². The van der Waals surface area contributed by atoms with E-state index in [1.807, 2.05) is 57.2 Å². The van der Waals surface area contributed by atoms with Crippen LogP contribution in [0.25, 0.3) is 22.9 Å². The highest BCUT2D eigenvalue weighted by Gasteiger charge is 2.15. The molecule has 30 heavy (non-hydrogen) atoms. The Morgan fingerprint density at radius 3 is 2.33 bits per heavy atom. The molecule has 0 aliphatic rings. The van der Waals surface area contributed by atoms with Gasteiger partial charge in [0.1, 0.15) is 0 Å². The van der Waals surface area contributed by atoms with Gasteiger partial charge in [-0.15, -0.1) is 10.2 Å². The van der Waals surface area contributed by atoms with Gasteiger partial charge in [0.2, 0.25) is 17.7 Å². The second-order valence-electron chi connectivity index (χ2n) is 7.22. The first kappa shape index (κ1) is 19.5. The number of amides is 1. The molecule has 0 fully saturated rings. The maximum absolute atomic E-state index is 12.5. The quantitative estimate of drug-likeness (QED) is 0.532. The standard InChI is InChI=1S/C22H21N5O3/c1-12-8-13(2)20(14(3)9-12)24-19(28)11-18-23-21(30-27-18)16-6-5-7-17(10-16)22-26-25-15(4)29-22/h5-10H,11H2,1-4H3,(H,24,28). The van der Waals surface area contributed by atoms with E-state index in [4.69, 9.17) is 8.94 Å². The van der Waals surface area contributed by atoms with Crippen molar-refractivity contribution in [1.29, 1.82) is 0 Å². The van der Waals surface area contributed by atoms with E-state index in [0.29, 0.717) is 29.1 Å². The molecule has 8 heteroatoms. The summed E-state index contributed by atoms with van der Waals surface area (Å²) in [5, 5.41) is 14.7. The Balaban J connectivity index is 1.49. The van der Waals surface area contributed by atoms with Crippen LogP contribution in [0.5, 0.6) is 0 Å². The molecule has 0 aliphatic heterocycles. The van der Waals surface area contributed by atoms with E-state index < -0.39 is 0 Å². The molecule has 8 nitrogen and oxygen atoms in total. The van der Waals surface area contributed by atoms with Crippen LogP contribution in [0.1, 0.15) is 28.4 Å². The first-order valence-corrected chi connectivity index (χ1v) is 9.50. The first-order chi connectivity index (χ1) is 14.4. The van der Waals surface area contributed by atoms with Gasteiger partial charge in [0.15, 0.2) is 5.82 Å². The van der Waals surface area contributed by atoms with Crippen LogP contribution in [0.3, 0.4) is 0 Å². The summed E-state index contributed by atoms with van der Waals surface area (Å²) in [6, 6.07) is 11.4. The number of carbonyl (C=O) groups is 1. The first-order valence-electron chi connectivity index (χ1n) is 9.50. The number of anilines is 1. The molecule has 2 aromatic heterocycles. The fraction of sp³-hybridized carbons (Fsp3) is 0.227.